The van der Waals surface area contributed by atoms with Crippen LogP contribution in [0.5, 0.6) is 5.75 Å². The van der Waals surface area contributed by atoms with E-state index in [4.69, 9.17) is 0 Å². The summed E-state index contributed by atoms with van der Waals surface area (Å²) >= 11 is 0. The molecule has 0 aliphatic heterocycles. The number of benzene rings is 1. The smallest absolute Gasteiger partial charge is 0.387 e. The van der Waals surface area contributed by atoms with E-state index in [0.717, 1.165) is 0 Å². The number of esters is 1. The van der Waals surface area contributed by atoms with Crippen LogP contribution in [0.4, 0.5) is 0 Å². The Labute approximate surface area is 84.6 Å². The van der Waals surface area contributed by atoms with Crippen molar-refractivity contribution in [2.45, 2.75) is 0 Å². The average Bonchev–Trinajstić information content (AvgIpc) is 2.18. The fourth-order valence-corrected chi connectivity index (χ4v) is 0.834. The van der Waals surface area contributed by atoms with E-state index >= 15 is 0 Å². The molecule has 0 saturated carbocycles. The lowest BCUT2D eigenvalue weighted by Gasteiger charge is -2.00. The Morgan fingerprint density at radius 2 is 1.87 bits per heavy atom. The molecule has 0 aliphatic rings. The van der Waals surface area contributed by atoms with Crippen LogP contribution in [0.15, 0.2) is 30.3 Å². The second kappa shape index (κ2) is 4.85. The largest absolute Gasteiger partial charge is 0.421 e. The molecule has 15 heavy (non-hydrogen) atoms. The Bertz CT molecular complexity index is 387. The lowest BCUT2D eigenvalue weighted by atomic mass is 10.3. The molecule has 0 heterocycles. The minimum absolute atomic E-state index is 0.180. The monoisotopic (exact) mass is 209 g/mol. The van der Waals surface area contributed by atoms with Gasteiger partial charge in [-0.15, -0.1) is 0 Å². The molecule has 0 aliphatic carbocycles. The van der Waals surface area contributed by atoms with Crippen LogP contribution in [0.3, 0.4) is 0 Å². The predicted molar refractivity (Wildman–Crippen MR) is 48.9 cm³/mol. The maximum absolute atomic E-state index is 11.0. The fourth-order valence-electron chi connectivity index (χ4n) is 0.834. The quantitative estimate of drug-likeness (QED) is 0.236. The molecule has 0 bridgehead atoms. The van der Waals surface area contributed by atoms with Crippen molar-refractivity contribution < 1.29 is 19.2 Å². The molecule has 0 atom stereocenters. The minimum Gasteiger partial charge on any atom is -0.421 e. The number of nitrogens with zero attached hydrogens (tertiary/aromatic N) is 1. The first-order chi connectivity index (χ1) is 7.09. The lowest BCUT2D eigenvalue weighted by Crippen LogP contribution is -2.27. The molecule has 1 rings (SSSR count). The molecular formula is C9H7NO5. The average molecular weight is 209 g/mol. The van der Waals surface area contributed by atoms with Gasteiger partial charge in [-0.2, -0.15) is 0 Å². The maximum atomic E-state index is 11.0. The number of ether oxygens (including phenoxy) is 1. The zero-order valence-corrected chi connectivity index (χ0v) is 7.58. The Morgan fingerprint density at radius 1 is 1.27 bits per heavy atom. The Balaban J connectivity index is 2.56. The summed E-state index contributed by atoms with van der Waals surface area (Å²) in [4.78, 5) is 30.9. The first kappa shape index (κ1) is 10.8. The van der Waals surface area contributed by atoms with E-state index in [0.29, 0.717) is 0 Å². The van der Waals surface area contributed by atoms with E-state index in [2.05, 4.69) is 4.74 Å². The number of carbonyl (C=O) groups is 2. The predicted octanol–water partition coefficient (Wildman–Crippen LogP) is 0.438. The molecule has 1 aromatic rings. The molecule has 0 spiro atoms. The number of ketones is 1. The summed E-state index contributed by atoms with van der Waals surface area (Å²) in [5.74, 6) is -2.22. The standard InChI is InChI=1S/C9H7NO5/c11-8(6-10(13)14)9(12)15-7-4-2-1-3-5-7/h1-5H,6H2. The number of Topliss-reactive ketones (excluding diaryl/α,β-unsaturated/α-hetero) is 1. The van der Waals surface area contributed by atoms with Crippen molar-refractivity contribution in [3.8, 4) is 5.75 Å². The molecule has 6 nitrogen and oxygen atoms in total. The van der Waals surface area contributed by atoms with Crippen molar-refractivity contribution in [3.63, 3.8) is 0 Å². The van der Waals surface area contributed by atoms with Gasteiger partial charge in [-0.25, -0.2) is 4.79 Å². The van der Waals surface area contributed by atoms with Crippen molar-refractivity contribution in [2.24, 2.45) is 0 Å². The van der Waals surface area contributed by atoms with Crippen molar-refractivity contribution in [1.82, 2.24) is 0 Å². The number of carbonyl (C=O) groups excluding carboxylic acids is 2. The lowest BCUT2D eigenvalue weighted by molar-refractivity contribution is -0.466. The highest BCUT2D eigenvalue weighted by Crippen LogP contribution is 2.08. The van der Waals surface area contributed by atoms with Crippen molar-refractivity contribution >= 4 is 11.8 Å². The zero-order chi connectivity index (χ0) is 11.3. The normalized spacial score (nSPS) is 9.33. The van der Waals surface area contributed by atoms with Crippen LogP contribution in [0.25, 0.3) is 0 Å². The van der Waals surface area contributed by atoms with Gasteiger partial charge in [0.25, 0.3) is 6.54 Å². The maximum Gasteiger partial charge on any atom is 0.387 e. The molecule has 0 aromatic heterocycles. The van der Waals surface area contributed by atoms with Crippen LogP contribution in [0.1, 0.15) is 0 Å². The van der Waals surface area contributed by atoms with Gasteiger partial charge in [0.05, 0.1) is 0 Å². The van der Waals surface area contributed by atoms with Gasteiger partial charge in [0.2, 0.25) is 0 Å². The second-order valence-electron chi connectivity index (χ2n) is 2.62. The molecule has 0 amide bonds. The van der Waals surface area contributed by atoms with Gasteiger partial charge in [-0.05, 0) is 12.1 Å². The highest BCUT2D eigenvalue weighted by Gasteiger charge is 2.21. The first-order valence-electron chi connectivity index (χ1n) is 4.01. The first-order valence-corrected chi connectivity index (χ1v) is 4.01. The van der Waals surface area contributed by atoms with Gasteiger partial charge in [0.15, 0.2) is 0 Å². The summed E-state index contributed by atoms with van der Waals surface area (Å²) in [7, 11) is 0. The summed E-state index contributed by atoms with van der Waals surface area (Å²) in [5.41, 5.74) is 0. The summed E-state index contributed by atoms with van der Waals surface area (Å²) in [6.07, 6.45) is 0. The topological polar surface area (TPSA) is 86.5 Å². The minimum atomic E-state index is -1.22. The highest BCUT2D eigenvalue weighted by molar-refractivity contribution is 6.34. The SMILES string of the molecule is O=C(C[N+](=O)[O-])C(=O)Oc1ccccc1. The Hall–Kier alpha value is -2.24. The second-order valence-corrected chi connectivity index (χ2v) is 2.62. The Morgan fingerprint density at radius 3 is 2.40 bits per heavy atom. The molecule has 1 aromatic carbocycles. The van der Waals surface area contributed by atoms with Crippen molar-refractivity contribution in [1.29, 1.82) is 0 Å². The molecule has 6 heteroatoms. The third-order valence-electron chi connectivity index (χ3n) is 1.45. The van der Waals surface area contributed by atoms with Crippen LogP contribution < -0.4 is 4.74 Å². The molecule has 78 valence electrons. The van der Waals surface area contributed by atoms with Gasteiger partial charge < -0.3 is 4.74 Å². The van der Waals surface area contributed by atoms with Gasteiger partial charge in [0.1, 0.15) is 5.75 Å². The number of para-hydroxylation sites is 1. The van der Waals surface area contributed by atoms with E-state index in [-0.39, 0.29) is 5.75 Å². The number of hydrogen-bond donors (Lipinski definition) is 0. The van der Waals surface area contributed by atoms with Crippen LogP contribution in [-0.4, -0.2) is 23.2 Å². The van der Waals surface area contributed by atoms with Crippen LogP contribution >= 0.6 is 0 Å². The third-order valence-corrected chi connectivity index (χ3v) is 1.45. The van der Waals surface area contributed by atoms with E-state index in [9.17, 15) is 19.7 Å². The van der Waals surface area contributed by atoms with Gasteiger partial charge in [0, 0.05) is 4.92 Å². The van der Waals surface area contributed by atoms with E-state index in [1.54, 1.807) is 18.2 Å². The molecular weight excluding hydrogens is 202 g/mol. The molecule has 0 N–H and O–H groups in total. The summed E-state index contributed by atoms with van der Waals surface area (Å²) < 4.78 is 4.58. The van der Waals surface area contributed by atoms with Crippen molar-refractivity contribution in [3.05, 3.63) is 40.4 Å². The van der Waals surface area contributed by atoms with Gasteiger partial charge in [-0.1, -0.05) is 18.2 Å². The third kappa shape index (κ3) is 3.55. The van der Waals surface area contributed by atoms with Crippen LogP contribution in [-0.2, 0) is 9.59 Å². The fraction of sp³-hybridized carbons (Fsp3) is 0.111. The van der Waals surface area contributed by atoms with E-state index < -0.39 is 23.2 Å². The number of rotatable bonds is 4. The number of nitro groups is 1. The van der Waals surface area contributed by atoms with E-state index in [1.807, 2.05) is 0 Å². The summed E-state index contributed by atoms with van der Waals surface area (Å²) in [6.45, 7) is -1.05. The summed E-state index contributed by atoms with van der Waals surface area (Å²) in [6, 6.07) is 7.87. The molecule has 0 saturated heterocycles. The van der Waals surface area contributed by atoms with E-state index in [1.165, 1.54) is 12.1 Å². The van der Waals surface area contributed by atoms with Crippen molar-refractivity contribution in [2.75, 3.05) is 6.54 Å². The van der Waals surface area contributed by atoms with Gasteiger partial charge in [-0.3, -0.25) is 14.9 Å². The van der Waals surface area contributed by atoms with Crippen LogP contribution in [0.2, 0.25) is 0 Å². The molecule has 0 unspecified atom stereocenters. The molecule has 0 radical (unpaired) electrons. The summed E-state index contributed by atoms with van der Waals surface area (Å²) in [5, 5.41) is 9.94. The number of hydrogen-bond acceptors (Lipinski definition) is 5. The zero-order valence-electron chi connectivity index (χ0n) is 7.58. The van der Waals surface area contributed by atoms with Crippen LogP contribution in [0, 0.1) is 10.1 Å². The molecule has 0 fully saturated rings. The van der Waals surface area contributed by atoms with Gasteiger partial charge >= 0.3 is 11.8 Å². The highest BCUT2D eigenvalue weighted by atomic mass is 16.6. The Kier molecular flexibility index (Phi) is 3.50.